The first-order chi connectivity index (χ1) is 5.09. The standard InChI is InChI=1S/C7H12FNO2/c8-5-3-6-1-2-7(10,11)9(6)4-5/h5-6,10-11H,1-4H2. The van der Waals surface area contributed by atoms with Crippen molar-refractivity contribution in [3.8, 4) is 0 Å². The molecule has 0 bridgehead atoms. The molecule has 11 heavy (non-hydrogen) atoms. The van der Waals surface area contributed by atoms with Crippen LogP contribution in [-0.2, 0) is 0 Å². The lowest BCUT2D eigenvalue weighted by Gasteiger charge is -2.26. The average Bonchev–Trinajstić information content (AvgIpc) is 2.35. The van der Waals surface area contributed by atoms with E-state index in [1.165, 1.54) is 4.90 Å². The highest BCUT2D eigenvalue weighted by Crippen LogP contribution is 2.37. The smallest absolute Gasteiger partial charge is 0.225 e. The van der Waals surface area contributed by atoms with Crippen LogP contribution in [0.2, 0.25) is 0 Å². The largest absolute Gasteiger partial charge is 0.353 e. The summed E-state index contributed by atoms with van der Waals surface area (Å²) in [5.41, 5.74) is 0. The number of aliphatic hydroxyl groups is 2. The van der Waals surface area contributed by atoms with E-state index in [0.717, 1.165) is 0 Å². The molecule has 4 heteroatoms. The highest BCUT2D eigenvalue weighted by Gasteiger charge is 2.49. The number of nitrogens with zero attached hydrogens (tertiary/aromatic N) is 1. The third-order valence-corrected chi connectivity index (χ3v) is 2.64. The Morgan fingerprint density at radius 3 is 2.82 bits per heavy atom. The van der Waals surface area contributed by atoms with E-state index in [9.17, 15) is 14.6 Å². The van der Waals surface area contributed by atoms with Crippen molar-refractivity contribution in [1.29, 1.82) is 0 Å². The zero-order valence-corrected chi connectivity index (χ0v) is 6.20. The van der Waals surface area contributed by atoms with Crippen LogP contribution >= 0.6 is 0 Å². The van der Waals surface area contributed by atoms with E-state index >= 15 is 0 Å². The Balaban J connectivity index is 2.13. The van der Waals surface area contributed by atoms with Crippen LogP contribution in [0.25, 0.3) is 0 Å². The fourth-order valence-corrected chi connectivity index (χ4v) is 2.08. The normalized spacial score (nSPS) is 42.8. The van der Waals surface area contributed by atoms with Crippen LogP contribution in [-0.4, -0.2) is 39.8 Å². The second kappa shape index (κ2) is 2.15. The molecule has 2 fully saturated rings. The highest BCUT2D eigenvalue weighted by atomic mass is 19.1. The molecule has 2 N–H and O–H groups in total. The third-order valence-electron chi connectivity index (χ3n) is 2.64. The van der Waals surface area contributed by atoms with Crippen molar-refractivity contribution >= 4 is 0 Å². The van der Waals surface area contributed by atoms with E-state index in [1.807, 2.05) is 0 Å². The van der Waals surface area contributed by atoms with Gasteiger partial charge in [0.2, 0.25) is 5.91 Å². The van der Waals surface area contributed by atoms with Gasteiger partial charge in [-0.05, 0) is 12.8 Å². The van der Waals surface area contributed by atoms with E-state index in [0.29, 0.717) is 19.3 Å². The maximum atomic E-state index is 12.7. The summed E-state index contributed by atoms with van der Waals surface area (Å²) in [7, 11) is 0. The minimum absolute atomic E-state index is 0.0556. The Morgan fingerprint density at radius 2 is 2.18 bits per heavy atom. The van der Waals surface area contributed by atoms with Gasteiger partial charge in [-0.3, -0.25) is 0 Å². The summed E-state index contributed by atoms with van der Waals surface area (Å²) in [5.74, 6) is -1.73. The van der Waals surface area contributed by atoms with Crippen LogP contribution in [0, 0.1) is 0 Å². The van der Waals surface area contributed by atoms with Crippen molar-refractivity contribution in [2.24, 2.45) is 0 Å². The molecule has 0 aromatic rings. The third kappa shape index (κ3) is 1.06. The minimum Gasteiger partial charge on any atom is -0.353 e. The number of halogens is 1. The van der Waals surface area contributed by atoms with Gasteiger partial charge in [0, 0.05) is 19.0 Å². The molecule has 0 spiro atoms. The van der Waals surface area contributed by atoms with Crippen LogP contribution < -0.4 is 0 Å². The number of rotatable bonds is 0. The molecular formula is C7H12FNO2. The van der Waals surface area contributed by atoms with E-state index in [2.05, 4.69) is 0 Å². The van der Waals surface area contributed by atoms with Crippen molar-refractivity contribution < 1.29 is 14.6 Å². The van der Waals surface area contributed by atoms with Gasteiger partial charge >= 0.3 is 0 Å². The van der Waals surface area contributed by atoms with Gasteiger partial charge in [-0.15, -0.1) is 0 Å². The first kappa shape index (κ1) is 7.46. The van der Waals surface area contributed by atoms with Gasteiger partial charge in [-0.1, -0.05) is 0 Å². The summed E-state index contributed by atoms with van der Waals surface area (Å²) in [6.07, 6.45) is 0.639. The molecule has 2 aliphatic rings. The van der Waals surface area contributed by atoms with Crippen molar-refractivity contribution in [2.75, 3.05) is 6.54 Å². The molecular weight excluding hydrogens is 149 g/mol. The summed E-state index contributed by atoms with van der Waals surface area (Å²) >= 11 is 0. The van der Waals surface area contributed by atoms with Crippen molar-refractivity contribution in [3.63, 3.8) is 0 Å². The topological polar surface area (TPSA) is 43.7 Å². The van der Waals surface area contributed by atoms with E-state index in [1.54, 1.807) is 0 Å². The van der Waals surface area contributed by atoms with Gasteiger partial charge in [0.15, 0.2) is 0 Å². The summed E-state index contributed by atoms with van der Waals surface area (Å²) < 4.78 is 12.7. The monoisotopic (exact) mass is 161 g/mol. The molecule has 3 nitrogen and oxygen atoms in total. The second-order valence-electron chi connectivity index (χ2n) is 3.45. The zero-order valence-electron chi connectivity index (χ0n) is 6.20. The predicted molar refractivity (Wildman–Crippen MR) is 36.4 cm³/mol. The molecule has 0 saturated carbocycles. The fraction of sp³-hybridized carbons (Fsp3) is 1.00. The zero-order chi connectivity index (χ0) is 8.06. The quantitative estimate of drug-likeness (QED) is 0.485. The maximum absolute atomic E-state index is 12.7. The van der Waals surface area contributed by atoms with Crippen LogP contribution in [0.15, 0.2) is 0 Å². The Labute approximate surface area is 64.4 Å². The first-order valence-electron chi connectivity index (χ1n) is 3.95. The lowest BCUT2D eigenvalue weighted by molar-refractivity contribution is -0.246. The SMILES string of the molecule is OC1(O)CCC2CC(F)CN21. The Kier molecular flexibility index (Phi) is 1.46. The Hall–Kier alpha value is -0.190. The summed E-state index contributed by atoms with van der Waals surface area (Å²) in [6.45, 7) is 0.178. The molecule has 64 valence electrons. The van der Waals surface area contributed by atoms with Gasteiger partial charge in [0.1, 0.15) is 6.17 Å². The Bertz CT molecular complexity index is 174. The average molecular weight is 161 g/mol. The molecule has 0 radical (unpaired) electrons. The summed E-state index contributed by atoms with van der Waals surface area (Å²) in [6, 6.07) is 0.0556. The number of fused-ring (bicyclic) bond motifs is 1. The molecule has 2 rings (SSSR count). The van der Waals surface area contributed by atoms with Crippen molar-refractivity contribution in [2.45, 2.75) is 37.4 Å². The van der Waals surface area contributed by atoms with Crippen LogP contribution in [0.3, 0.4) is 0 Å². The van der Waals surface area contributed by atoms with Gasteiger partial charge < -0.3 is 10.2 Å². The molecule has 2 saturated heterocycles. The van der Waals surface area contributed by atoms with Crippen molar-refractivity contribution in [3.05, 3.63) is 0 Å². The lowest BCUT2D eigenvalue weighted by atomic mass is 10.1. The van der Waals surface area contributed by atoms with Gasteiger partial charge in [0.25, 0.3) is 0 Å². The van der Waals surface area contributed by atoms with E-state index in [4.69, 9.17) is 0 Å². The summed E-state index contributed by atoms with van der Waals surface area (Å²) in [4.78, 5) is 1.46. The van der Waals surface area contributed by atoms with E-state index in [-0.39, 0.29) is 12.6 Å². The van der Waals surface area contributed by atoms with Gasteiger partial charge in [-0.2, -0.15) is 0 Å². The van der Waals surface area contributed by atoms with Crippen LogP contribution in [0.1, 0.15) is 19.3 Å². The molecule has 0 amide bonds. The lowest BCUT2D eigenvalue weighted by Crippen LogP contribution is -2.44. The van der Waals surface area contributed by atoms with Crippen molar-refractivity contribution in [1.82, 2.24) is 4.90 Å². The van der Waals surface area contributed by atoms with Gasteiger partial charge in [0.05, 0.1) is 0 Å². The highest BCUT2D eigenvalue weighted by molar-refractivity contribution is 4.94. The number of hydrogen-bond donors (Lipinski definition) is 2. The Morgan fingerprint density at radius 1 is 1.45 bits per heavy atom. The second-order valence-corrected chi connectivity index (χ2v) is 3.45. The summed E-state index contributed by atoms with van der Waals surface area (Å²) in [5, 5.41) is 18.6. The molecule has 2 atom stereocenters. The molecule has 2 aliphatic heterocycles. The number of hydrogen-bond acceptors (Lipinski definition) is 3. The minimum atomic E-state index is -1.73. The van der Waals surface area contributed by atoms with E-state index < -0.39 is 12.1 Å². The fourth-order valence-electron chi connectivity index (χ4n) is 2.08. The number of alkyl halides is 1. The van der Waals surface area contributed by atoms with Gasteiger partial charge in [-0.25, -0.2) is 9.29 Å². The molecule has 0 aliphatic carbocycles. The van der Waals surface area contributed by atoms with Crippen LogP contribution in [0.4, 0.5) is 4.39 Å². The predicted octanol–water partition coefficient (Wildman–Crippen LogP) is -0.169. The molecule has 0 aromatic heterocycles. The molecule has 2 unspecified atom stereocenters. The van der Waals surface area contributed by atoms with Crippen LogP contribution in [0.5, 0.6) is 0 Å². The molecule has 2 heterocycles. The molecule has 0 aromatic carbocycles. The first-order valence-corrected chi connectivity index (χ1v) is 3.95. The maximum Gasteiger partial charge on any atom is 0.225 e.